The molecular formula is C22H48NO4P. The molecule has 0 aromatic heterocycles. The first-order chi connectivity index (χ1) is 13.5. The number of nitrogens with two attached hydrogens (primary N) is 1. The maximum absolute atomic E-state index is 10.5. The van der Waals surface area contributed by atoms with Crippen molar-refractivity contribution in [2.24, 2.45) is 5.73 Å². The highest BCUT2D eigenvalue weighted by molar-refractivity contribution is 7.47. The van der Waals surface area contributed by atoms with E-state index in [9.17, 15) is 4.57 Å². The molecule has 0 fully saturated rings. The lowest BCUT2D eigenvalue weighted by Gasteiger charge is -2.07. The molecule has 0 saturated carbocycles. The molecule has 0 unspecified atom stereocenters. The number of phosphoric acid groups is 1. The Kier molecular flexibility index (Phi) is 26.6. The fourth-order valence-electron chi connectivity index (χ4n) is 2.76. The normalized spacial score (nSPS) is 11.6. The van der Waals surface area contributed by atoms with E-state index >= 15 is 0 Å². The van der Waals surface area contributed by atoms with Crippen LogP contribution >= 0.6 is 7.82 Å². The number of rotatable bonds is 19. The summed E-state index contributed by atoms with van der Waals surface area (Å²) >= 11 is 0. The fourth-order valence-corrected chi connectivity index (χ4v) is 3.48. The van der Waals surface area contributed by atoms with Gasteiger partial charge in [-0.15, -0.1) is 0 Å². The number of allylic oxidation sites excluding steroid dienone is 2. The molecule has 0 saturated heterocycles. The molecular weight excluding hydrogens is 373 g/mol. The topological polar surface area (TPSA) is 81.8 Å². The molecule has 0 aromatic rings. The van der Waals surface area contributed by atoms with Gasteiger partial charge in [0.2, 0.25) is 0 Å². The standard InChI is InChI=1S/C18H37N.C4H11O4P/c1-2-3-4-5-6-7-8-9-10-11-12-13-14-15-16-17-18-19;1-3-7-9(5,6)8-4-2/h9-10H,2-8,11-19H2,1H3;3-4H2,1-2H3,(H,5,6). The van der Waals surface area contributed by atoms with Gasteiger partial charge in [0.25, 0.3) is 0 Å². The van der Waals surface area contributed by atoms with Crippen molar-refractivity contribution in [2.45, 2.75) is 111 Å². The lowest BCUT2D eigenvalue weighted by atomic mass is 10.1. The number of unbranched alkanes of at least 4 members (excludes halogenated alkanes) is 12. The molecule has 0 spiro atoms. The smallest absolute Gasteiger partial charge is 0.330 e. The molecule has 3 N–H and O–H groups in total. The van der Waals surface area contributed by atoms with E-state index in [1.165, 1.54) is 89.9 Å². The Bertz CT molecular complexity index is 354. The van der Waals surface area contributed by atoms with E-state index < -0.39 is 7.82 Å². The second-order valence-electron chi connectivity index (χ2n) is 7.03. The summed E-state index contributed by atoms with van der Waals surface area (Å²) in [6.45, 7) is 6.77. The zero-order valence-electron chi connectivity index (χ0n) is 18.9. The SMILES string of the molecule is CCCCCCCCC=CCCCCCCCCN.CCOP(=O)(O)OCC. The van der Waals surface area contributed by atoms with E-state index in [0.717, 1.165) is 6.54 Å². The van der Waals surface area contributed by atoms with E-state index in [1.807, 2.05) is 0 Å². The van der Waals surface area contributed by atoms with Gasteiger partial charge in [-0.2, -0.15) is 0 Å². The molecule has 6 heteroatoms. The van der Waals surface area contributed by atoms with Crippen molar-refractivity contribution < 1.29 is 18.5 Å². The van der Waals surface area contributed by atoms with Gasteiger partial charge in [0.05, 0.1) is 13.2 Å². The Hall–Kier alpha value is -0.190. The van der Waals surface area contributed by atoms with Crippen molar-refractivity contribution in [1.29, 1.82) is 0 Å². The van der Waals surface area contributed by atoms with Crippen LogP contribution in [-0.4, -0.2) is 24.7 Å². The largest absolute Gasteiger partial charge is 0.472 e. The average molecular weight is 422 g/mol. The van der Waals surface area contributed by atoms with Gasteiger partial charge in [-0.1, -0.05) is 76.9 Å². The second-order valence-corrected chi connectivity index (χ2v) is 8.48. The van der Waals surface area contributed by atoms with Crippen molar-refractivity contribution in [3.63, 3.8) is 0 Å². The van der Waals surface area contributed by atoms with Gasteiger partial charge in [-0.3, -0.25) is 9.05 Å². The van der Waals surface area contributed by atoms with Crippen LogP contribution in [0.3, 0.4) is 0 Å². The van der Waals surface area contributed by atoms with Crippen LogP contribution in [0.15, 0.2) is 12.2 Å². The highest BCUT2D eigenvalue weighted by atomic mass is 31.2. The fraction of sp³-hybridized carbons (Fsp3) is 0.909. The predicted molar refractivity (Wildman–Crippen MR) is 122 cm³/mol. The molecule has 28 heavy (non-hydrogen) atoms. The van der Waals surface area contributed by atoms with Crippen LogP contribution in [0, 0.1) is 0 Å². The van der Waals surface area contributed by atoms with Gasteiger partial charge in [0.1, 0.15) is 0 Å². The van der Waals surface area contributed by atoms with Gasteiger partial charge in [-0.25, -0.2) is 4.57 Å². The Morgan fingerprint density at radius 3 is 1.50 bits per heavy atom. The number of hydrogen-bond donors (Lipinski definition) is 2. The van der Waals surface area contributed by atoms with Gasteiger partial charge in [-0.05, 0) is 52.5 Å². The van der Waals surface area contributed by atoms with Crippen molar-refractivity contribution in [3.05, 3.63) is 12.2 Å². The minimum absolute atomic E-state index is 0.188. The first-order valence-corrected chi connectivity index (χ1v) is 13.0. The van der Waals surface area contributed by atoms with Crippen molar-refractivity contribution in [2.75, 3.05) is 19.8 Å². The number of phosphoric ester groups is 1. The molecule has 0 radical (unpaired) electrons. The van der Waals surface area contributed by atoms with Gasteiger partial charge < -0.3 is 10.6 Å². The van der Waals surface area contributed by atoms with E-state index in [4.69, 9.17) is 10.6 Å². The maximum atomic E-state index is 10.5. The molecule has 0 bridgehead atoms. The first-order valence-electron chi connectivity index (χ1n) is 11.5. The molecule has 0 heterocycles. The molecule has 0 aliphatic carbocycles. The molecule has 170 valence electrons. The summed E-state index contributed by atoms with van der Waals surface area (Å²) in [7, 11) is -3.69. The molecule has 5 nitrogen and oxygen atoms in total. The maximum Gasteiger partial charge on any atom is 0.472 e. The summed E-state index contributed by atoms with van der Waals surface area (Å²) in [5, 5.41) is 0. The second kappa shape index (κ2) is 24.8. The Morgan fingerprint density at radius 1 is 0.714 bits per heavy atom. The van der Waals surface area contributed by atoms with E-state index in [1.54, 1.807) is 13.8 Å². The molecule has 0 aliphatic heterocycles. The third-order valence-corrected chi connectivity index (χ3v) is 5.47. The lowest BCUT2D eigenvalue weighted by molar-refractivity contribution is 0.161. The average Bonchev–Trinajstić information content (AvgIpc) is 2.65. The quantitative estimate of drug-likeness (QED) is 0.131. The van der Waals surface area contributed by atoms with E-state index in [-0.39, 0.29) is 13.2 Å². The van der Waals surface area contributed by atoms with Crippen molar-refractivity contribution in [3.8, 4) is 0 Å². The summed E-state index contributed by atoms with van der Waals surface area (Å²) < 4.78 is 19.2. The molecule has 0 aliphatic rings. The van der Waals surface area contributed by atoms with Gasteiger partial charge in [0, 0.05) is 0 Å². The summed E-state index contributed by atoms with van der Waals surface area (Å²) in [5.74, 6) is 0. The summed E-state index contributed by atoms with van der Waals surface area (Å²) in [5.41, 5.74) is 5.47. The molecule has 0 aromatic carbocycles. The van der Waals surface area contributed by atoms with Crippen molar-refractivity contribution >= 4 is 7.82 Å². The Balaban J connectivity index is 0. The molecule has 0 atom stereocenters. The van der Waals surface area contributed by atoms with Crippen LogP contribution in [0.4, 0.5) is 0 Å². The minimum Gasteiger partial charge on any atom is -0.330 e. The zero-order chi connectivity index (χ0) is 21.3. The van der Waals surface area contributed by atoms with Crippen LogP contribution in [-0.2, 0) is 13.6 Å². The summed E-state index contributed by atoms with van der Waals surface area (Å²) in [6, 6.07) is 0. The molecule has 0 rings (SSSR count). The molecule has 0 amide bonds. The summed E-state index contributed by atoms with van der Waals surface area (Å²) in [6.07, 6.45) is 23.9. The van der Waals surface area contributed by atoms with Crippen LogP contribution in [0.25, 0.3) is 0 Å². The Morgan fingerprint density at radius 2 is 1.11 bits per heavy atom. The van der Waals surface area contributed by atoms with Gasteiger partial charge in [0.15, 0.2) is 0 Å². The predicted octanol–water partition coefficient (Wildman–Crippen LogP) is 7.14. The highest BCUT2D eigenvalue weighted by Gasteiger charge is 2.17. The van der Waals surface area contributed by atoms with Crippen molar-refractivity contribution in [1.82, 2.24) is 0 Å². The van der Waals surface area contributed by atoms with E-state index in [2.05, 4.69) is 28.1 Å². The minimum atomic E-state index is -3.69. The van der Waals surface area contributed by atoms with Crippen LogP contribution in [0.5, 0.6) is 0 Å². The first kappa shape index (κ1) is 30.0. The van der Waals surface area contributed by atoms with Gasteiger partial charge >= 0.3 is 7.82 Å². The van der Waals surface area contributed by atoms with Crippen LogP contribution in [0.1, 0.15) is 111 Å². The zero-order valence-corrected chi connectivity index (χ0v) is 19.8. The van der Waals surface area contributed by atoms with E-state index in [0.29, 0.717) is 0 Å². The number of hydrogen-bond acceptors (Lipinski definition) is 4. The highest BCUT2D eigenvalue weighted by Crippen LogP contribution is 2.42. The Labute approximate surface area is 175 Å². The lowest BCUT2D eigenvalue weighted by Crippen LogP contribution is -1.97. The van der Waals surface area contributed by atoms with Crippen LogP contribution < -0.4 is 5.73 Å². The third-order valence-electron chi connectivity index (χ3n) is 4.30. The van der Waals surface area contributed by atoms with Crippen LogP contribution in [0.2, 0.25) is 0 Å². The third kappa shape index (κ3) is 28.0. The monoisotopic (exact) mass is 421 g/mol. The summed E-state index contributed by atoms with van der Waals surface area (Å²) in [4.78, 5) is 8.63.